The van der Waals surface area contributed by atoms with Crippen molar-refractivity contribution < 1.29 is 14.8 Å². The van der Waals surface area contributed by atoms with Gasteiger partial charge in [0.1, 0.15) is 5.84 Å². The van der Waals surface area contributed by atoms with Gasteiger partial charge in [-0.05, 0) is 12.8 Å². The molecule has 1 aliphatic rings. The predicted octanol–water partition coefficient (Wildman–Crippen LogP) is -0.361. The number of likely N-dealkylation sites (tertiary alicyclic amines) is 1. The first-order valence-electron chi connectivity index (χ1n) is 6.02. The maximum absolute atomic E-state index is 11.9. The molecule has 2 atom stereocenters. The molecular formula is C11H20N4O3. The number of imide groups is 1. The molecule has 1 fully saturated rings. The second kappa shape index (κ2) is 6.34. The van der Waals surface area contributed by atoms with E-state index in [4.69, 9.17) is 10.9 Å². The fourth-order valence-corrected chi connectivity index (χ4v) is 1.97. The van der Waals surface area contributed by atoms with Gasteiger partial charge in [0.15, 0.2) is 0 Å². The van der Waals surface area contributed by atoms with Gasteiger partial charge >= 0.3 is 0 Å². The Morgan fingerprint density at radius 1 is 1.67 bits per heavy atom. The number of piperidine rings is 1. The Labute approximate surface area is 106 Å². The van der Waals surface area contributed by atoms with Crippen molar-refractivity contribution >= 4 is 17.6 Å². The van der Waals surface area contributed by atoms with Crippen LogP contribution in [-0.2, 0) is 9.59 Å². The zero-order valence-corrected chi connectivity index (χ0v) is 10.7. The molecule has 0 aromatic rings. The van der Waals surface area contributed by atoms with Crippen LogP contribution in [0.2, 0.25) is 0 Å². The lowest BCUT2D eigenvalue weighted by Gasteiger charge is -2.31. The third-order valence-electron chi connectivity index (χ3n) is 3.16. The summed E-state index contributed by atoms with van der Waals surface area (Å²) < 4.78 is 0. The zero-order chi connectivity index (χ0) is 13.7. The van der Waals surface area contributed by atoms with Crippen LogP contribution >= 0.6 is 0 Å². The second-order valence-electron chi connectivity index (χ2n) is 4.45. The molecule has 0 saturated carbocycles. The topological polar surface area (TPSA) is 108 Å². The third kappa shape index (κ3) is 3.43. The van der Waals surface area contributed by atoms with Gasteiger partial charge in [0, 0.05) is 25.9 Å². The summed E-state index contributed by atoms with van der Waals surface area (Å²) in [5, 5.41) is 14.6. The van der Waals surface area contributed by atoms with Crippen molar-refractivity contribution in [3.8, 4) is 0 Å². The summed E-state index contributed by atoms with van der Waals surface area (Å²) >= 11 is 0. The average molecular weight is 256 g/mol. The van der Waals surface area contributed by atoms with E-state index in [1.807, 2.05) is 6.92 Å². The molecule has 4 N–H and O–H groups in total. The molecule has 1 heterocycles. The minimum atomic E-state index is -0.371. The number of hydrogen-bond donors (Lipinski definition) is 3. The molecule has 0 aromatic heterocycles. The Hall–Kier alpha value is -1.63. The Balaban J connectivity index is 2.59. The smallest absolute Gasteiger partial charge is 0.246 e. The maximum atomic E-state index is 11.9. The first kappa shape index (κ1) is 14.4. The predicted molar refractivity (Wildman–Crippen MR) is 66.0 cm³/mol. The first-order valence-corrected chi connectivity index (χ1v) is 6.02. The molecule has 0 aromatic carbocycles. The molecule has 0 radical (unpaired) electrons. The van der Waals surface area contributed by atoms with Gasteiger partial charge in [0.2, 0.25) is 11.8 Å². The fraction of sp³-hybridized carbons (Fsp3) is 0.727. The van der Waals surface area contributed by atoms with Gasteiger partial charge in [-0.25, -0.2) is 0 Å². The van der Waals surface area contributed by atoms with Crippen molar-refractivity contribution in [1.82, 2.24) is 10.2 Å². The molecule has 1 rings (SSSR count). The molecule has 18 heavy (non-hydrogen) atoms. The van der Waals surface area contributed by atoms with Crippen LogP contribution in [0.1, 0.15) is 32.6 Å². The second-order valence-corrected chi connectivity index (χ2v) is 4.45. The molecule has 2 amide bonds. The number of nitrogens with zero attached hydrogens (tertiary/aromatic N) is 2. The van der Waals surface area contributed by atoms with Crippen LogP contribution in [0.4, 0.5) is 0 Å². The van der Waals surface area contributed by atoms with Gasteiger partial charge in [-0.15, -0.1) is 0 Å². The van der Waals surface area contributed by atoms with E-state index in [-0.39, 0.29) is 29.7 Å². The van der Waals surface area contributed by atoms with E-state index in [9.17, 15) is 9.59 Å². The van der Waals surface area contributed by atoms with Crippen LogP contribution in [0, 0.1) is 0 Å². The Morgan fingerprint density at radius 2 is 2.33 bits per heavy atom. The number of amides is 2. The summed E-state index contributed by atoms with van der Waals surface area (Å²) in [7, 11) is 1.49. The number of likely N-dealkylation sites (N-methyl/N-ethyl adjacent to an activating group) is 1. The number of oxime groups is 1. The van der Waals surface area contributed by atoms with Gasteiger partial charge in [-0.2, -0.15) is 0 Å². The minimum Gasteiger partial charge on any atom is -0.409 e. The van der Waals surface area contributed by atoms with Crippen LogP contribution < -0.4 is 11.1 Å². The van der Waals surface area contributed by atoms with Crippen LogP contribution in [0.5, 0.6) is 0 Å². The largest absolute Gasteiger partial charge is 0.409 e. The van der Waals surface area contributed by atoms with E-state index < -0.39 is 0 Å². The highest BCUT2D eigenvalue weighted by Gasteiger charge is 2.32. The van der Waals surface area contributed by atoms with E-state index in [0.29, 0.717) is 19.3 Å². The molecular weight excluding hydrogens is 236 g/mol. The van der Waals surface area contributed by atoms with Gasteiger partial charge in [-0.1, -0.05) is 12.1 Å². The Kier molecular flexibility index (Phi) is 5.08. The van der Waals surface area contributed by atoms with Crippen molar-refractivity contribution in [2.75, 3.05) is 7.05 Å². The lowest BCUT2D eigenvalue weighted by atomic mass is 10.0. The standard InChI is InChI=1S/C11H20N4O3/c1-3-7(6-9(12)14-18)13-8-4-5-10(16)15(2)11(8)17/h7-8,13,18H,3-6H2,1-2H3,(H2,12,14). The van der Waals surface area contributed by atoms with Crippen LogP contribution in [0.15, 0.2) is 5.16 Å². The number of carbonyl (C=O) groups excluding carboxylic acids is 2. The lowest BCUT2D eigenvalue weighted by Crippen LogP contribution is -2.54. The Bertz CT molecular complexity index is 356. The van der Waals surface area contributed by atoms with Gasteiger partial charge in [-0.3, -0.25) is 14.5 Å². The van der Waals surface area contributed by atoms with E-state index >= 15 is 0 Å². The quantitative estimate of drug-likeness (QED) is 0.205. The highest BCUT2D eigenvalue weighted by Crippen LogP contribution is 2.13. The van der Waals surface area contributed by atoms with Crippen LogP contribution in [0.25, 0.3) is 0 Å². The molecule has 1 saturated heterocycles. The van der Waals surface area contributed by atoms with Crippen molar-refractivity contribution in [2.45, 2.75) is 44.7 Å². The molecule has 0 bridgehead atoms. The van der Waals surface area contributed by atoms with Crippen LogP contribution in [-0.4, -0.2) is 46.9 Å². The summed E-state index contributed by atoms with van der Waals surface area (Å²) in [4.78, 5) is 24.4. The summed E-state index contributed by atoms with van der Waals surface area (Å²) in [6.07, 6.45) is 1.97. The number of amidine groups is 1. The molecule has 0 aliphatic carbocycles. The summed E-state index contributed by atoms with van der Waals surface area (Å²) in [5.74, 6) is -0.242. The first-order chi connectivity index (χ1) is 8.49. The number of nitrogens with one attached hydrogen (secondary N) is 1. The molecule has 1 aliphatic heterocycles. The van der Waals surface area contributed by atoms with E-state index in [2.05, 4.69) is 10.5 Å². The Morgan fingerprint density at radius 3 is 2.89 bits per heavy atom. The number of carbonyl (C=O) groups is 2. The molecule has 102 valence electrons. The summed E-state index contributed by atoms with van der Waals surface area (Å²) in [6, 6.07) is -0.416. The van der Waals surface area contributed by atoms with Crippen molar-refractivity contribution in [2.24, 2.45) is 10.9 Å². The SMILES string of the molecule is CCC(CC(N)=NO)NC1CCC(=O)N(C)C1=O. The highest BCUT2D eigenvalue weighted by atomic mass is 16.4. The molecule has 2 unspecified atom stereocenters. The van der Waals surface area contributed by atoms with Gasteiger partial charge in [0.25, 0.3) is 0 Å². The van der Waals surface area contributed by atoms with Gasteiger partial charge in [0.05, 0.1) is 6.04 Å². The summed E-state index contributed by atoms with van der Waals surface area (Å²) in [5.41, 5.74) is 5.45. The van der Waals surface area contributed by atoms with Crippen molar-refractivity contribution in [3.05, 3.63) is 0 Å². The van der Waals surface area contributed by atoms with Crippen LogP contribution in [0.3, 0.4) is 0 Å². The monoisotopic (exact) mass is 256 g/mol. The van der Waals surface area contributed by atoms with E-state index in [1.54, 1.807) is 0 Å². The lowest BCUT2D eigenvalue weighted by molar-refractivity contribution is -0.148. The van der Waals surface area contributed by atoms with E-state index in [0.717, 1.165) is 11.3 Å². The number of nitrogens with two attached hydrogens (primary N) is 1. The zero-order valence-electron chi connectivity index (χ0n) is 10.7. The molecule has 7 heteroatoms. The van der Waals surface area contributed by atoms with Crippen molar-refractivity contribution in [1.29, 1.82) is 0 Å². The van der Waals surface area contributed by atoms with Gasteiger partial charge < -0.3 is 16.3 Å². The molecule has 7 nitrogen and oxygen atoms in total. The molecule has 0 spiro atoms. The third-order valence-corrected chi connectivity index (χ3v) is 3.16. The normalized spacial score (nSPS) is 23.3. The van der Waals surface area contributed by atoms with E-state index in [1.165, 1.54) is 7.05 Å². The van der Waals surface area contributed by atoms with Crippen molar-refractivity contribution in [3.63, 3.8) is 0 Å². The minimum absolute atomic E-state index is 0.0450. The number of hydrogen-bond acceptors (Lipinski definition) is 5. The number of rotatable bonds is 5. The average Bonchev–Trinajstić information content (AvgIpc) is 2.38. The summed E-state index contributed by atoms with van der Waals surface area (Å²) in [6.45, 7) is 1.95. The maximum Gasteiger partial charge on any atom is 0.246 e. The highest BCUT2D eigenvalue weighted by molar-refractivity contribution is 6.00. The fourth-order valence-electron chi connectivity index (χ4n) is 1.97.